The highest BCUT2D eigenvalue weighted by molar-refractivity contribution is 6.04. The number of rotatable bonds is 2. The zero-order valence-electron chi connectivity index (χ0n) is 18.9. The Bertz CT molecular complexity index is 1660. The van der Waals surface area contributed by atoms with E-state index in [1.54, 1.807) is 28.6 Å². The van der Waals surface area contributed by atoms with Crippen molar-refractivity contribution < 1.29 is 23.1 Å². The number of amides is 1. The fourth-order valence-corrected chi connectivity index (χ4v) is 4.41. The van der Waals surface area contributed by atoms with E-state index in [0.29, 0.717) is 40.6 Å². The van der Waals surface area contributed by atoms with Crippen LogP contribution in [0.2, 0.25) is 0 Å². The van der Waals surface area contributed by atoms with Gasteiger partial charge in [0.2, 0.25) is 11.8 Å². The van der Waals surface area contributed by atoms with Crippen LogP contribution >= 0.6 is 0 Å². The van der Waals surface area contributed by atoms with Gasteiger partial charge in [-0.25, -0.2) is 9.78 Å². The van der Waals surface area contributed by atoms with Crippen LogP contribution in [0, 0.1) is 11.5 Å². The van der Waals surface area contributed by atoms with Crippen LogP contribution in [0.5, 0.6) is 0 Å². The van der Waals surface area contributed by atoms with Crippen LogP contribution in [-0.2, 0) is 13.2 Å². The monoisotopic (exact) mass is 493 g/mol. The number of carbonyl (C=O) groups is 1. The van der Waals surface area contributed by atoms with E-state index in [9.17, 15) is 28.3 Å². The molecule has 9 nitrogen and oxygen atoms in total. The summed E-state index contributed by atoms with van der Waals surface area (Å²) in [7, 11) is 1.69. The second-order valence-corrected chi connectivity index (χ2v) is 8.24. The summed E-state index contributed by atoms with van der Waals surface area (Å²) in [5.41, 5.74) is 3.18. The van der Waals surface area contributed by atoms with Crippen LogP contribution in [0.3, 0.4) is 0 Å². The Balaban J connectivity index is 1.76. The largest absolute Gasteiger partial charge is 0.465 e. The van der Waals surface area contributed by atoms with Gasteiger partial charge in [0.05, 0.1) is 34.6 Å². The van der Waals surface area contributed by atoms with Crippen LogP contribution in [0.4, 0.5) is 18.0 Å². The molecule has 4 aromatic rings. The summed E-state index contributed by atoms with van der Waals surface area (Å²) in [6, 6.07) is 7.81. The van der Waals surface area contributed by atoms with Gasteiger partial charge in [0.1, 0.15) is 5.69 Å². The molecule has 0 saturated heterocycles. The fourth-order valence-electron chi connectivity index (χ4n) is 4.41. The molecule has 1 N–H and O–H groups in total. The van der Waals surface area contributed by atoms with Gasteiger partial charge in [-0.2, -0.15) is 18.4 Å². The standard InChI is InChI=1S/C24H18F3N7O2/c1-32-19-12-29-18-4-2-15(14-6-8-33(9-7-14)23(35)36)10-17(18)21(19)34(22(32)31-13-28)16-3-5-20(30-11-16)24(25,26)27/h2-6,10-12H,7-9H2,1H3,(H,35,36). The summed E-state index contributed by atoms with van der Waals surface area (Å²) >= 11 is 0. The topological polar surface area (TPSA) is 112 Å². The number of imidazole rings is 1. The molecular weight excluding hydrogens is 475 g/mol. The number of fused-ring (bicyclic) bond motifs is 3. The second-order valence-electron chi connectivity index (χ2n) is 8.24. The highest BCUT2D eigenvalue weighted by Crippen LogP contribution is 2.31. The van der Waals surface area contributed by atoms with Gasteiger partial charge in [-0.05, 0) is 41.8 Å². The van der Waals surface area contributed by atoms with Crippen molar-refractivity contribution >= 4 is 33.6 Å². The Labute approximate surface area is 201 Å². The van der Waals surface area contributed by atoms with E-state index in [4.69, 9.17) is 0 Å². The average molecular weight is 493 g/mol. The van der Waals surface area contributed by atoms with Crippen molar-refractivity contribution in [1.82, 2.24) is 24.0 Å². The van der Waals surface area contributed by atoms with Crippen LogP contribution < -0.4 is 5.62 Å². The van der Waals surface area contributed by atoms with E-state index in [1.165, 1.54) is 11.0 Å². The summed E-state index contributed by atoms with van der Waals surface area (Å²) in [4.78, 5) is 24.6. The normalized spacial score (nSPS) is 14.8. The Morgan fingerprint density at radius 2 is 2.00 bits per heavy atom. The smallest absolute Gasteiger partial charge is 0.433 e. The quantitative estimate of drug-likeness (QED) is 0.423. The highest BCUT2D eigenvalue weighted by Gasteiger charge is 2.32. The number of hydrogen-bond donors (Lipinski definition) is 1. The Morgan fingerprint density at radius 1 is 1.19 bits per heavy atom. The maximum absolute atomic E-state index is 13.1. The molecule has 0 bridgehead atoms. The third kappa shape index (κ3) is 3.84. The van der Waals surface area contributed by atoms with Crippen molar-refractivity contribution in [2.45, 2.75) is 12.6 Å². The maximum Gasteiger partial charge on any atom is 0.433 e. The maximum atomic E-state index is 13.1. The molecule has 0 spiro atoms. The number of aromatic nitrogens is 4. The molecule has 0 fully saturated rings. The van der Waals surface area contributed by atoms with Gasteiger partial charge in [-0.1, -0.05) is 12.1 Å². The Hall–Kier alpha value is -4.66. The fraction of sp³-hybridized carbons (Fsp3) is 0.208. The molecule has 0 unspecified atom stereocenters. The van der Waals surface area contributed by atoms with Gasteiger partial charge in [-0.15, -0.1) is 4.99 Å². The predicted octanol–water partition coefficient (Wildman–Crippen LogP) is 4.08. The highest BCUT2D eigenvalue weighted by atomic mass is 19.4. The number of aryl methyl sites for hydroxylation is 1. The van der Waals surface area contributed by atoms with Crippen LogP contribution in [0.1, 0.15) is 17.7 Å². The van der Waals surface area contributed by atoms with Crippen molar-refractivity contribution in [2.75, 3.05) is 13.1 Å². The molecule has 5 rings (SSSR count). The molecule has 1 amide bonds. The number of nitriles is 1. The molecule has 36 heavy (non-hydrogen) atoms. The van der Waals surface area contributed by atoms with Crippen molar-refractivity contribution in [1.29, 1.82) is 5.26 Å². The van der Waals surface area contributed by atoms with E-state index in [1.807, 2.05) is 24.3 Å². The average Bonchev–Trinajstić information content (AvgIpc) is 3.15. The third-order valence-corrected chi connectivity index (χ3v) is 6.20. The summed E-state index contributed by atoms with van der Waals surface area (Å²) in [6.45, 7) is 0.647. The molecule has 12 heteroatoms. The van der Waals surface area contributed by atoms with Gasteiger partial charge >= 0.3 is 12.3 Å². The number of carboxylic acid groups (broad SMARTS) is 1. The van der Waals surface area contributed by atoms with Crippen LogP contribution in [0.15, 0.2) is 53.8 Å². The van der Waals surface area contributed by atoms with Crippen molar-refractivity contribution in [3.8, 4) is 11.9 Å². The molecule has 1 aromatic carbocycles. The van der Waals surface area contributed by atoms with Crippen LogP contribution in [-0.4, -0.2) is 48.3 Å². The Kier molecular flexibility index (Phi) is 5.47. The molecule has 0 saturated carbocycles. The van der Waals surface area contributed by atoms with Crippen LogP contribution in [0.25, 0.3) is 33.2 Å². The molecule has 1 aliphatic heterocycles. The van der Waals surface area contributed by atoms with E-state index in [-0.39, 0.29) is 12.2 Å². The Morgan fingerprint density at radius 3 is 2.61 bits per heavy atom. The molecular formula is C24H18F3N7O2. The molecule has 3 aromatic heterocycles. The number of halogens is 3. The summed E-state index contributed by atoms with van der Waals surface area (Å²) in [6.07, 6.45) is 1.31. The minimum Gasteiger partial charge on any atom is -0.465 e. The lowest BCUT2D eigenvalue weighted by Crippen LogP contribution is -2.33. The summed E-state index contributed by atoms with van der Waals surface area (Å²) < 4.78 is 42.5. The minimum atomic E-state index is -4.59. The summed E-state index contributed by atoms with van der Waals surface area (Å²) in [5.74, 6) is 0. The number of pyridine rings is 2. The molecule has 0 atom stereocenters. The molecule has 1 aliphatic rings. The number of nitrogens with zero attached hydrogens (tertiary/aromatic N) is 7. The lowest BCUT2D eigenvalue weighted by atomic mass is 9.97. The van der Waals surface area contributed by atoms with Gasteiger partial charge < -0.3 is 14.6 Å². The zero-order chi connectivity index (χ0) is 25.6. The first-order valence-corrected chi connectivity index (χ1v) is 10.8. The van der Waals surface area contributed by atoms with E-state index >= 15 is 0 Å². The number of hydrogen-bond acceptors (Lipinski definition) is 5. The minimum absolute atomic E-state index is 0.197. The van der Waals surface area contributed by atoms with E-state index < -0.39 is 18.0 Å². The first-order valence-electron chi connectivity index (χ1n) is 10.8. The SMILES string of the molecule is Cn1c(=NC#N)n(-c2ccc(C(F)(F)F)nc2)c2c3cc(C4=CCN(C(=O)O)CC4)ccc3ncc21. The van der Waals surface area contributed by atoms with Crippen molar-refractivity contribution in [3.05, 3.63) is 65.7 Å². The lowest BCUT2D eigenvalue weighted by molar-refractivity contribution is -0.141. The number of benzene rings is 1. The predicted molar refractivity (Wildman–Crippen MR) is 124 cm³/mol. The van der Waals surface area contributed by atoms with Crippen molar-refractivity contribution in [2.24, 2.45) is 12.0 Å². The van der Waals surface area contributed by atoms with Gasteiger partial charge in [0.25, 0.3) is 0 Å². The van der Waals surface area contributed by atoms with Crippen molar-refractivity contribution in [3.63, 3.8) is 0 Å². The third-order valence-electron chi connectivity index (χ3n) is 6.20. The molecule has 0 radical (unpaired) electrons. The first kappa shape index (κ1) is 23.1. The van der Waals surface area contributed by atoms with E-state index in [2.05, 4.69) is 15.0 Å². The second kappa shape index (κ2) is 8.53. The summed E-state index contributed by atoms with van der Waals surface area (Å²) in [5, 5.41) is 19.2. The zero-order valence-corrected chi connectivity index (χ0v) is 18.9. The lowest BCUT2D eigenvalue weighted by Gasteiger charge is -2.24. The molecule has 4 heterocycles. The first-order chi connectivity index (χ1) is 17.2. The van der Waals surface area contributed by atoms with Gasteiger partial charge in [-0.3, -0.25) is 9.55 Å². The number of alkyl halides is 3. The molecule has 0 aliphatic carbocycles. The molecule has 182 valence electrons. The van der Waals surface area contributed by atoms with Gasteiger partial charge in [0.15, 0.2) is 0 Å². The van der Waals surface area contributed by atoms with E-state index in [0.717, 1.165) is 23.4 Å². The van der Waals surface area contributed by atoms with Gasteiger partial charge in [0, 0.05) is 25.5 Å².